The Bertz CT molecular complexity index is 713. The van der Waals surface area contributed by atoms with E-state index in [0.717, 1.165) is 11.1 Å². The first-order chi connectivity index (χ1) is 12.1. The van der Waals surface area contributed by atoms with Gasteiger partial charge in [0, 0.05) is 11.3 Å². The molecular formula is C20H28O6. The Hall–Kier alpha value is -1.21. The molecule has 2 heterocycles. The zero-order valence-electron chi connectivity index (χ0n) is 15.7. The Morgan fingerprint density at radius 2 is 1.85 bits per heavy atom. The van der Waals surface area contributed by atoms with Crippen molar-refractivity contribution >= 4 is 5.97 Å². The lowest BCUT2D eigenvalue weighted by Gasteiger charge is -2.50. The number of carbonyl (C=O) groups excluding carboxylic acids is 1. The van der Waals surface area contributed by atoms with E-state index in [2.05, 4.69) is 0 Å². The molecule has 2 fully saturated rings. The fraction of sp³-hybridized carbons (Fsp3) is 0.750. The Balaban J connectivity index is 1.89. The van der Waals surface area contributed by atoms with E-state index in [1.165, 1.54) is 0 Å². The van der Waals surface area contributed by atoms with Crippen LogP contribution in [0.1, 0.15) is 47.0 Å². The Kier molecular flexibility index (Phi) is 3.78. The highest BCUT2D eigenvalue weighted by molar-refractivity contribution is 5.88. The van der Waals surface area contributed by atoms with E-state index in [1.807, 2.05) is 32.9 Å². The molecule has 6 nitrogen and oxygen atoms in total. The molecule has 26 heavy (non-hydrogen) atoms. The number of epoxide rings is 1. The summed E-state index contributed by atoms with van der Waals surface area (Å²) in [5, 5.41) is 33.3. The van der Waals surface area contributed by atoms with Crippen LogP contribution in [0.2, 0.25) is 0 Å². The summed E-state index contributed by atoms with van der Waals surface area (Å²) < 4.78 is 11.4. The van der Waals surface area contributed by atoms with E-state index in [4.69, 9.17) is 9.47 Å². The molecule has 2 saturated heterocycles. The van der Waals surface area contributed by atoms with Gasteiger partial charge < -0.3 is 24.8 Å². The number of fused-ring (bicyclic) bond motifs is 1. The monoisotopic (exact) mass is 364 g/mol. The van der Waals surface area contributed by atoms with Crippen molar-refractivity contribution in [1.82, 2.24) is 0 Å². The lowest BCUT2D eigenvalue weighted by atomic mass is 9.57. The SMILES string of the molecule is CC1=CC[C@H](O)[C@@]2(C)[C@H]1[C@H](O)[C@]13O[C@]1(C)C(=O)O[C@H]3/C=C(/C)CC[C@@H]2O. The molecule has 4 aliphatic rings. The normalized spacial score (nSPS) is 55.5. The maximum absolute atomic E-state index is 12.4. The molecule has 2 aliphatic carbocycles. The zero-order valence-corrected chi connectivity index (χ0v) is 15.7. The molecule has 0 aromatic rings. The summed E-state index contributed by atoms with van der Waals surface area (Å²) in [5.74, 6) is -1.00. The molecule has 0 saturated carbocycles. The van der Waals surface area contributed by atoms with Crippen molar-refractivity contribution in [1.29, 1.82) is 0 Å². The van der Waals surface area contributed by atoms with Crippen LogP contribution in [0.5, 0.6) is 0 Å². The number of rotatable bonds is 0. The highest BCUT2D eigenvalue weighted by atomic mass is 16.7. The van der Waals surface area contributed by atoms with Gasteiger partial charge in [0.2, 0.25) is 0 Å². The van der Waals surface area contributed by atoms with Crippen molar-refractivity contribution in [2.24, 2.45) is 11.3 Å². The maximum atomic E-state index is 12.4. The first-order valence-corrected chi connectivity index (χ1v) is 9.38. The predicted molar refractivity (Wildman–Crippen MR) is 93.1 cm³/mol. The molecule has 0 radical (unpaired) electrons. The van der Waals surface area contributed by atoms with E-state index in [9.17, 15) is 20.1 Å². The Labute approximate surface area is 153 Å². The van der Waals surface area contributed by atoms with Crippen LogP contribution in [0.3, 0.4) is 0 Å². The number of aliphatic hydroxyl groups is 3. The number of hydrogen-bond acceptors (Lipinski definition) is 6. The van der Waals surface area contributed by atoms with Gasteiger partial charge in [0.1, 0.15) is 0 Å². The lowest BCUT2D eigenvalue weighted by molar-refractivity contribution is -0.159. The first-order valence-electron chi connectivity index (χ1n) is 9.38. The molecule has 4 rings (SSSR count). The molecule has 1 spiro atoms. The average molecular weight is 364 g/mol. The highest BCUT2D eigenvalue weighted by Crippen LogP contribution is 2.63. The van der Waals surface area contributed by atoms with Crippen molar-refractivity contribution in [3.05, 3.63) is 23.3 Å². The third-order valence-electron chi connectivity index (χ3n) is 7.39. The summed E-state index contributed by atoms with van der Waals surface area (Å²) in [6.07, 6.45) is 1.94. The number of hydrogen-bond donors (Lipinski definition) is 3. The van der Waals surface area contributed by atoms with Crippen LogP contribution in [0.25, 0.3) is 0 Å². The van der Waals surface area contributed by atoms with Gasteiger partial charge in [-0.1, -0.05) is 24.1 Å². The van der Waals surface area contributed by atoms with Gasteiger partial charge in [0.15, 0.2) is 17.3 Å². The van der Waals surface area contributed by atoms with Crippen LogP contribution in [-0.2, 0) is 14.3 Å². The van der Waals surface area contributed by atoms with Gasteiger partial charge >= 0.3 is 5.97 Å². The van der Waals surface area contributed by atoms with Crippen molar-refractivity contribution in [3.8, 4) is 0 Å². The minimum Gasteiger partial charge on any atom is -0.453 e. The molecule has 0 unspecified atom stereocenters. The van der Waals surface area contributed by atoms with Gasteiger partial charge in [-0.3, -0.25) is 0 Å². The summed E-state index contributed by atoms with van der Waals surface area (Å²) in [6, 6.07) is 0. The fourth-order valence-electron chi connectivity index (χ4n) is 5.49. The molecular weight excluding hydrogens is 336 g/mol. The van der Waals surface area contributed by atoms with Crippen LogP contribution in [0, 0.1) is 11.3 Å². The molecule has 3 N–H and O–H groups in total. The molecule has 0 amide bonds. The molecule has 0 aromatic heterocycles. The minimum absolute atomic E-state index is 0.432. The summed E-state index contributed by atoms with van der Waals surface area (Å²) in [5.41, 5.74) is -1.45. The van der Waals surface area contributed by atoms with Crippen LogP contribution < -0.4 is 0 Å². The largest absolute Gasteiger partial charge is 0.453 e. The quantitative estimate of drug-likeness (QED) is 0.340. The molecule has 8 atom stereocenters. The van der Waals surface area contributed by atoms with E-state index in [-0.39, 0.29) is 0 Å². The molecule has 0 aromatic carbocycles. The van der Waals surface area contributed by atoms with Crippen LogP contribution in [0.15, 0.2) is 23.3 Å². The number of carbonyl (C=O) groups is 1. The van der Waals surface area contributed by atoms with Gasteiger partial charge in [0.05, 0.1) is 18.3 Å². The number of ether oxygens (including phenoxy) is 2. The third-order valence-corrected chi connectivity index (χ3v) is 7.39. The first kappa shape index (κ1) is 18.2. The molecule has 6 heteroatoms. The van der Waals surface area contributed by atoms with E-state index in [1.54, 1.807) is 6.92 Å². The van der Waals surface area contributed by atoms with Crippen LogP contribution >= 0.6 is 0 Å². The summed E-state index contributed by atoms with van der Waals surface area (Å²) in [6.45, 7) is 7.30. The lowest BCUT2D eigenvalue weighted by Crippen LogP contribution is -2.59. The minimum atomic E-state index is -1.19. The zero-order chi connectivity index (χ0) is 19.1. The number of esters is 1. The molecule has 144 valence electrons. The average Bonchev–Trinajstić information content (AvgIpc) is 3.17. The summed E-state index contributed by atoms with van der Waals surface area (Å²) >= 11 is 0. The van der Waals surface area contributed by atoms with Crippen molar-refractivity contribution in [3.63, 3.8) is 0 Å². The maximum Gasteiger partial charge on any atom is 0.342 e. The Morgan fingerprint density at radius 3 is 2.50 bits per heavy atom. The highest BCUT2D eigenvalue weighted by Gasteiger charge is 2.85. The smallest absolute Gasteiger partial charge is 0.342 e. The predicted octanol–water partition coefficient (Wildman–Crippen LogP) is 1.23. The van der Waals surface area contributed by atoms with E-state index in [0.29, 0.717) is 19.3 Å². The van der Waals surface area contributed by atoms with E-state index < -0.39 is 52.9 Å². The second-order valence-corrected chi connectivity index (χ2v) is 8.81. The third kappa shape index (κ3) is 1.99. The second kappa shape index (κ2) is 5.41. The standard InChI is InChI=1S/C20H28O6/c1-10-5-7-12(21)18(3)13(22)8-6-11(2)15(18)16(23)20-14(9-10)25-17(24)19(20,4)26-20/h6,9,12-16,21-23H,5,7-8H2,1-4H3/b10-9-/t12-,13-,14-,15+,16-,18-,19+,20-/m0/s1. The molecule has 2 aliphatic heterocycles. The van der Waals surface area contributed by atoms with Gasteiger partial charge in [-0.15, -0.1) is 0 Å². The topological polar surface area (TPSA) is 99.5 Å². The van der Waals surface area contributed by atoms with Crippen molar-refractivity contribution < 1.29 is 29.6 Å². The van der Waals surface area contributed by atoms with Crippen molar-refractivity contribution in [2.45, 2.75) is 82.6 Å². The van der Waals surface area contributed by atoms with Gasteiger partial charge in [-0.25, -0.2) is 4.79 Å². The van der Waals surface area contributed by atoms with Gasteiger partial charge in [-0.05, 0) is 46.1 Å². The molecule has 0 bridgehead atoms. The fourth-order valence-corrected chi connectivity index (χ4v) is 5.49. The van der Waals surface area contributed by atoms with Crippen molar-refractivity contribution in [2.75, 3.05) is 0 Å². The number of aliphatic hydroxyl groups excluding tert-OH is 3. The number of allylic oxidation sites excluding steroid dienone is 1. The summed E-state index contributed by atoms with van der Waals surface area (Å²) in [7, 11) is 0. The Morgan fingerprint density at radius 1 is 1.15 bits per heavy atom. The van der Waals surface area contributed by atoms with Crippen LogP contribution in [-0.4, -0.2) is 56.9 Å². The van der Waals surface area contributed by atoms with Crippen LogP contribution in [0.4, 0.5) is 0 Å². The second-order valence-electron chi connectivity index (χ2n) is 8.81. The van der Waals surface area contributed by atoms with Gasteiger partial charge in [-0.2, -0.15) is 0 Å². The summed E-state index contributed by atoms with van der Waals surface area (Å²) in [4.78, 5) is 12.4. The van der Waals surface area contributed by atoms with E-state index >= 15 is 0 Å². The van der Waals surface area contributed by atoms with Gasteiger partial charge in [0.25, 0.3) is 0 Å².